The first kappa shape index (κ1) is 15.5. The number of hydrogen-bond acceptors (Lipinski definition) is 5. The predicted octanol–water partition coefficient (Wildman–Crippen LogP) is 3.11. The van der Waals surface area contributed by atoms with Gasteiger partial charge >= 0.3 is 0 Å². The number of fused-ring (bicyclic) bond motifs is 1. The van der Waals surface area contributed by atoms with Crippen molar-refractivity contribution in [2.45, 2.75) is 45.1 Å². The number of aromatic nitrogens is 2. The lowest BCUT2D eigenvalue weighted by Gasteiger charge is -2.40. The van der Waals surface area contributed by atoms with Crippen LogP contribution in [-0.4, -0.2) is 28.5 Å². The van der Waals surface area contributed by atoms with E-state index in [1.165, 1.54) is 6.42 Å². The zero-order valence-corrected chi connectivity index (χ0v) is 14.2. The SMILES string of the molecule is Cc1ccccc1-c1noc(C2CNC3CCC(C)CC3C2=O)n1. The number of carbonyl (C=O) groups excluding carboxylic acids is 1. The van der Waals surface area contributed by atoms with Gasteiger partial charge in [-0.15, -0.1) is 0 Å². The van der Waals surface area contributed by atoms with Crippen molar-refractivity contribution in [1.82, 2.24) is 15.5 Å². The summed E-state index contributed by atoms with van der Waals surface area (Å²) in [7, 11) is 0. The Bertz CT molecular complexity index is 755. The third-order valence-corrected chi connectivity index (χ3v) is 5.53. The molecule has 2 fully saturated rings. The van der Waals surface area contributed by atoms with E-state index in [0.29, 0.717) is 30.2 Å². The molecule has 0 radical (unpaired) electrons. The van der Waals surface area contributed by atoms with Crippen molar-refractivity contribution in [2.24, 2.45) is 11.8 Å². The molecule has 1 saturated carbocycles. The fraction of sp³-hybridized carbons (Fsp3) is 0.526. The molecule has 2 aromatic rings. The standard InChI is InChI=1S/C19H23N3O2/c1-11-7-8-16-14(9-11)17(23)15(10-20-16)19-21-18(22-24-19)13-6-4-3-5-12(13)2/h3-6,11,14-16,20H,7-10H2,1-2H3. The molecule has 0 spiro atoms. The molecule has 24 heavy (non-hydrogen) atoms. The lowest BCUT2D eigenvalue weighted by atomic mass is 9.71. The number of nitrogens with zero attached hydrogens (tertiary/aromatic N) is 2. The number of aryl methyl sites for hydroxylation is 1. The van der Waals surface area contributed by atoms with Gasteiger partial charge in [-0.3, -0.25) is 4.79 Å². The second-order valence-electron chi connectivity index (χ2n) is 7.27. The molecule has 4 atom stereocenters. The van der Waals surface area contributed by atoms with Crippen molar-refractivity contribution in [3.05, 3.63) is 35.7 Å². The average Bonchev–Trinajstić information content (AvgIpc) is 3.06. The molecule has 2 aliphatic rings. The van der Waals surface area contributed by atoms with E-state index in [0.717, 1.165) is 24.0 Å². The van der Waals surface area contributed by atoms with Crippen LogP contribution in [0.3, 0.4) is 0 Å². The zero-order chi connectivity index (χ0) is 16.7. The highest BCUT2D eigenvalue weighted by Gasteiger charge is 2.43. The van der Waals surface area contributed by atoms with Crippen LogP contribution in [0.5, 0.6) is 0 Å². The molecule has 1 aliphatic carbocycles. The van der Waals surface area contributed by atoms with E-state index in [1.807, 2.05) is 31.2 Å². The summed E-state index contributed by atoms with van der Waals surface area (Å²) in [6.45, 7) is 4.85. The molecule has 1 aromatic heterocycles. The Balaban J connectivity index is 1.59. The molecular weight excluding hydrogens is 302 g/mol. The molecule has 5 heteroatoms. The largest absolute Gasteiger partial charge is 0.338 e. The van der Waals surface area contributed by atoms with Crippen LogP contribution in [0.15, 0.2) is 28.8 Å². The van der Waals surface area contributed by atoms with Gasteiger partial charge in [0.2, 0.25) is 11.7 Å². The number of piperidine rings is 1. The minimum absolute atomic E-state index is 0.0845. The molecule has 1 aromatic carbocycles. The van der Waals surface area contributed by atoms with E-state index in [1.54, 1.807) is 0 Å². The van der Waals surface area contributed by atoms with Crippen LogP contribution in [0.2, 0.25) is 0 Å². The summed E-state index contributed by atoms with van der Waals surface area (Å²) in [4.78, 5) is 17.5. The van der Waals surface area contributed by atoms with Gasteiger partial charge in [-0.2, -0.15) is 4.98 Å². The molecule has 1 aliphatic heterocycles. The summed E-state index contributed by atoms with van der Waals surface area (Å²) < 4.78 is 5.47. The van der Waals surface area contributed by atoms with Gasteiger partial charge < -0.3 is 9.84 Å². The van der Waals surface area contributed by atoms with E-state index in [9.17, 15) is 4.79 Å². The van der Waals surface area contributed by atoms with E-state index in [4.69, 9.17) is 4.52 Å². The lowest BCUT2D eigenvalue weighted by molar-refractivity contribution is -0.129. The number of nitrogens with one attached hydrogen (secondary N) is 1. The van der Waals surface area contributed by atoms with Gasteiger partial charge in [-0.1, -0.05) is 36.3 Å². The van der Waals surface area contributed by atoms with E-state index < -0.39 is 0 Å². The van der Waals surface area contributed by atoms with Crippen molar-refractivity contribution >= 4 is 5.78 Å². The van der Waals surface area contributed by atoms with E-state index >= 15 is 0 Å². The molecule has 2 heterocycles. The maximum absolute atomic E-state index is 13.0. The summed E-state index contributed by atoms with van der Waals surface area (Å²) in [6, 6.07) is 8.26. The molecule has 126 valence electrons. The summed E-state index contributed by atoms with van der Waals surface area (Å²) in [6.07, 6.45) is 3.25. The maximum Gasteiger partial charge on any atom is 0.238 e. The monoisotopic (exact) mass is 325 g/mol. The van der Waals surface area contributed by atoms with Crippen molar-refractivity contribution in [3.8, 4) is 11.4 Å². The third-order valence-electron chi connectivity index (χ3n) is 5.53. The van der Waals surface area contributed by atoms with Crippen LogP contribution in [0.4, 0.5) is 0 Å². The van der Waals surface area contributed by atoms with Crippen molar-refractivity contribution in [2.75, 3.05) is 6.54 Å². The summed E-state index contributed by atoms with van der Waals surface area (Å²) in [5.41, 5.74) is 2.05. The van der Waals surface area contributed by atoms with Crippen molar-refractivity contribution < 1.29 is 9.32 Å². The Labute approximate surface area is 141 Å². The van der Waals surface area contributed by atoms with Crippen molar-refractivity contribution in [1.29, 1.82) is 0 Å². The molecule has 1 N–H and O–H groups in total. The van der Waals surface area contributed by atoms with E-state index in [2.05, 4.69) is 22.4 Å². The predicted molar refractivity (Wildman–Crippen MR) is 90.5 cm³/mol. The zero-order valence-electron chi connectivity index (χ0n) is 14.2. The summed E-state index contributed by atoms with van der Waals surface area (Å²) in [5, 5.41) is 7.64. The first-order valence-corrected chi connectivity index (χ1v) is 8.80. The number of rotatable bonds is 2. The van der Waals surface area contributed by atoms with Crippen molar-refractivity contribution in [3.63, 3.8) is 0 Å². The summed E-state index contributed by atoms with van der Waals surface area (Å²) in [5.74, 6) is 1.66. The van der Waals surface area contributed by atoms with Crippen LogP contribution >= 0.6 is 0 Å². The Hall–Kier alpha value is -2.01. The fourth-order valence-electron chi connectivity index (χ4n) is 4.09. The fourth-order valence-corrected chi connectivity index (χ4v) is 4.09. The van der Waals surface area contributed by atoms with Gasteiger partial charge in [0, 0.05) is 24.1 Å². The van der Waals surface area contributed by atoms with Crippen LogP contribution in [0, 0.1) is 18.8 Å². The summed E-state index contributed by atoms with van der Waals surface area (Å²) >= 11 is 0. The normalized spacial score (nSPS) is 30.2. The maximum atomic E-state index is 13.0. The molecular formula is C19H23N3O2. The number of ketones is 1. The third kappa shape index (κ3) is 2.67. The van der Waals surface area contributed by atoms with Gasteiger partial charge in [0.05, 0.1) is 0 Å². The second-order valence-corrected chi connectivity index (χ2v) is 7.27. The first-order chi connectivity index (χ1) is 11.6. The Morgan fingerprint density at radius 1 is 1.25 bits per heavy atom. The number of benzene rings is 1. The highest BCUT2D eigenvalue weighted by atomic mass is 16.5. The van der Waals surface area contributed by atoms with Crippen LogP contribution in [0.25, 0.3) is 11.4 Å². The minimum Gasteiger partial charge on any atom is -0.338 e. The molecule has 5 nitrogen and oxygen atoms in total. The number of hydrogen-bond donors (Lipinski definition) is 1. The highest BCUT2D eigenvalue weighted by Crippen LogP contribution is 2.36. The van der Waals surface area contributed by atoms with Gasteiger partial charge in [-0.05, 0) is 37.7 Å². The second kappa shape index (κ2) is 6.13. The van der Waals surface area contributed by atoms with Crippen LogP contribution < -0.4 is 5.32 Å². The topological polar surface area (TPSA) is 68.0 Å². The van der Waals surface area contributed by atoms with Gasteiger partial charge in [0.25, 0.3) is 0 Å². The number of Topliss-reactive ketones (excluding diaryl/α,β-unsaturated/α-hetero) is 1. The quantitative estimate of drug-likeness (QED) is 0.919. The van der Waals surface area contributed by atoms with Gasteiger partial charge in [0.15, 0.2) is 5.78 Å². The smallest absolute Gasteiger partial charge is 0.238 e. The molecule has 4 rings (SSSR count). The lowest BCUT2D eigenvalue weighted by Crippen LogP contribution is -2.52. The highest BCUT2D eigenvalue weighted by molar-refractivity contribution is 5.89. The van der Waals surface area contributed by atoms with Gasteiger partial charge in [-0.25, -0.2) is 0 Å². The first-order valence-electron chi connectivity index (χ1n) is 8.80. The minimum atomic E-state index is -0.318. The Kier molecular flexibility index (Phi) is 3.96. The molecule has 0 amide bonds. The molecule has 1 saturated heterocycles. The Morgan fingerprint density at radius 2 is 2.08 bits per heavy atom. The van der Waals surface area contributed by atoms with E-state index in [-0.39, 0.29) is 17.6 Å². The van der Waals surface area contributed by atoms with Gasteiger partial charge in [0.1, 0.15) is 5.92 Å². The Morgan fingerprint density at radius 3 is 2.92 bits per heavy atom. The molecule has 4 unspecified atom stereocenters. The van der Waals surface area contributed by atoms with Crippen LogP contribution in [0.1, 0.15) is 43.6 Å². The van der Waals surface area contributed by atoms with Crippen LogP contribution in [-0.2, 0) is 4.79 Å². The molecule has 0 bridgehead atoms. The number of carbonyl (C=O) groups is 1. The average molecular weight is 325 g/mol.